The van der Waals surface area contributed by atoms with Crippen LogP contribution < -0.4 is 0 Å². The number of nitriles is 1. The summed E-state index contributed by atoms with van der Waals surface area (Å²) in [5.74, 6) is 2.41. The second kappa shape index (κ2) is 7.72. The average molecular weight is 361 g/mol. The van der Waals surface area contributed by atoms with E-state index in [9.17, 15) is 0 Å². The molecular weight excluding hydrogens is 338 g/mol. The van der Waals surface area contributed by atoms with Crippen molar-refractivity contribution >= 4 is 0 Å². The summed E-state index contributed by atoms with van der Waals surface area (Å²) in [5, 5.41) is 17.8. The molecule has 0 aliphatic carbocycles. The van der Waals surface area contributed by atoms with Gasteiger partial charge in [0.1, 0.15) is 5.82 Å². The lowest BCUT2D eigenvalue weighted by atomic mass is 9.96. The Kier molecular flexibility index (Phi) is 4.99. The van der Waals surface area contributed by atoms with Crippen LogP contribution in [0.2, 0.25) is 0 Å². The van der Waals surface area contributed by atoms with Crippen LogP contribution in [0.25, 0.3) is 0 Å². The fourth-order valence-corrected chi connectivity index (χ4v) is 3.76. The van der Waals surface area contributed by atoms with Crippen LogP contribution in [-0.4, -0.2) is 42.3 Å². The van der Waals surface area contributed by atoms with Crippen LogP contribution >= 0.6 is 0 Å². The number of rotatable bonds is 5. The first kappa shape index (κ1) is 17.4. The van der Waals surface area contributed by atoms with Gasteiger partial charge < -0.3 is 9.13 Å². The molecule has 7 nitrogen and oxygen atoms in total. The first-order valence-corrected chi connectivity index (χ1v) is 9.28. The smallest absolute Gasteiger partial charge is 0.152 e. The third-order valence-electron chi connectivity index (χ3n) is 5.24. The van der Waals surface area contributed by atoms with E-state index < -0.39 is 0 Å². The number of piperidine rings is 1. The van der Waals surface area contributed by atoms with Crippen LogP contribution in [0.3, 0.4) is 0 Å². The Morgan fingerprint density at radius 3 is 2.78 bits per heavy atom. The second-order valence-corrected chi connectivity index (χ2v) is 7.15. The van der Waals surface area contributed by atoms with Gasteiger partial charge in [-0.3, -0.25) is 4.90 Å². The van der Waals surface area contributed by atoms with Crippen molar-refractivity contribution in [2.45, 2.75) is 31.8 Å². The van der Waals surface area contributed by atoms with Gasteiger partial charge in [-0.1, -0.05) is 12.1 Å². The Bertz CT molecular complexity index is 918. The number of hydrogen-bond donors (Lipinski definition) is 0. The van der Waals surface area contributed by atoms with E-state index in [1.807, 2.05) is 35.0 Å². The molecule has 4 rings (SSSR count). The topological polar surface area (TPSA) is 75.6 Å². The maximum absolute atomic E-state index is 8.94. The van der Waals surface area contributed by atoms with Gasteiger partial charge in [0.25, 0.3) is 0 Å². The van der Waals surface area contributed by atoms with Gasteiger partial charge in [-0.05, 0) is 37.1 Å². The first-order chi connectivity index (χ1) is 13.2. The molecular formula is C20H23N7. The summed E-state index contributed by atoms with van der Waals surface area (Å²) < 4.78 is 4.14. The third kappa shape index (κ3) is 3.91. The molecule has 0 spiro atoms. The predicted molar refractivity (Wildman–Crippen MR) is 101 cm³/mol. The van der Waals surface area contributed by atoms with Crippen molar-refractivity contribution < 1.29 is 0 Å². The highest BCUT2D eigenvalue weighted by Gasteiger charge is 2.26. The summed E-state index contributed by atoms with van der Waals surface area (Å²) in [6.07, 6.45) is 7.81. The molecule has 1 saturated heterocycles. The Balaban J connectivity index is 1.43. The van der Waals surface area contributed by atoms with Crippen molar-refractivity contribution in [1.29, 1.82) is 5.26 Å². The molecule has 0 amide bonds. The highest BCUT2D eigenvalue weighted by molar-refractivity contribution is 5.31. The fourth-order valence-electron chi connectivity index (χ4n) is 3.76. The van der Waals surface area contributed by atoms with E-state index in [1.165, 1.54) is 5.56 Å². The van der Waals surface area contributed by atoms with Crippen molar-refractivity contribution in [1.82, 2.24) is 29.2 Å². The van der Waals surface area contributed by atoms with Gasteiger partial charge >= 0.3 is 0 Å². The lowest BCUT2D eigenvalue weighted by Crippen LogP contribution is -2.34. The minimum absolute atomic E-state index is 0.395. The van der Waals surface area contributed by atoms with Crippen molar-refractivity contribution in [3.63, 3.8) is 0 Å². The van der Waals surface area contributed by atoms with Gasteiger partial charge in [-0.15, -0.1) is 10.2 Å². The molecule has 3 heterocycles. The number of nitrogens with zero attached hydrogens (tertiary/aromatic N) is 7. The van der Waals surface area contributed by atoms with Crippen LogP contribution in [0.4, 0.5) is 0 Å². The molecule has 1 atom stereocenters. The van der Waals surface area contributed by atoms with Gasteiger partial charge in [-0.2, -0.15) is 5.26 Å². The predicted octanol–water partition coefficient (Wildman–Crippen LogP) is 2.31. The van der Waals surface area contributed by atoms with Crippen LogP contribution in [0, 0.1) is 11.3 Å². The molecule has 1 aromatic carbocycles. The number of benzene rings is 1. The van der Waals surface area contributed by atoms with E-state index in [0.717, 1.165) is 44.1 Å². The second-order valence-electron chi connectivity index (χ2n) is 7.15. The number of aromatic nitrogens is 5. The molecule has 0 radical (unpaired) electrons. The average Bonchev–Trinajstić information content (AvgIpc) is 3.33. The molecule has 0 bridgehead atoms. The molecule has 1 aliphatic heterocycles. The van der Waals surface area contributed by atoms with Crippen molar-refractivity contribution in [2.75, 3.05) is 13.1 Å². The van der Waals surface area contributed by atoms with Crippen molar-refractivity contribution in [3.05, 3.63) is 65.8 Å². The van der Waals surface area contributed by atoms with E-state index >= 15 is 0 Å². The Morgan fingerprint density at radius 1 is 1.19 bits per heavy atom. The molecule has 0 N–H and O–H groups in total. The third-order valence-corrected chi connectivity index (χ3v) is 5.24. The van der Waals surface area contributed by atoms with Crippen molar-refractivity contribution in [2.24, 2.45) is 7.05 Å². The summed E-state index contributed by atoms with van der Waals surface area (Å²) in [5.41, 5.74) is 1.95. The van der Waals surface area contributed by atoms with Crippen LogP contribution in [0.5, 0.6) is 0 Å². The largest absolute Gasteiger partial charge is 0.330 e. The first-order valence-electron chi connectivity index (χ1n) is 9.28. The summed E-state index contributed by atoms with van der Waals surface area (Å²) in [4.78, 5) is 6.56. The lowest BCUT2D eigenvalue weighted by molar-refractivity contribution is 0.195. The number of hydrogen-bond acceptors (Lipinski definition) is 5. The van der Waals surface area contributed by atoms with Crippen LogP contribution in [0.15, 0.2) is 43.0 Å². The molecule has 0 saturated carbocycles. The number of likely N-dealkylation sites (tertiary alicyclic amines) is 1. The number of imidazole rings is 1. The monoisotopic (exact) mass is 361 g/mol. The van der Waals surface area contributed by atoms with Gasteiger partial charge in [0.2, 0.25) is 0 Å². The van der Waals surface area contributed by atoms with E-state index in [2.05, 4.69) is 37.8 Å². The van der Waals surface area contributed by atoms with E-state index in [-0.39, 0.29) is 0 Å². The van der Waals surface area contributed by atoms with E-state index in [4.69, 9.17) is 5.26 Å². The lowest BCUT2D eigenvalue weighted by Gasteiger charge is -2.32. The molecule has 7 heteroatoms. The van der Waals surface area contributed by atoms with E-state index in [1.54, 1.807) is 12.5 Å². The molecule has 2 aromatic heterocycles. The van der Waals surface area contributed by atoms with Crippen molar-refractivity contribution in [3.8, 4) is 6.07 Å². The van der Waals surface area contributed by atoms with Gasteiger partial charge in [0.05, 0.1) is 24.5 Å². The summed E-state index contributed by atoms with van der Waals surface area (Å²) in [6, 6.07) is 10.1. The zero-order valence-electron chi connectivity index (χ0n) is 15.5. The molecule has 1 fully saturated rings. The molecule has 3 aromatic rings. The minimum atomic E-state index is 0.395. The highest BCUT2D eigenvalue weighted by Crippen LogP contribution is 2.27. The molecule has 1 unspecified atom stereocenters. The maximum atomic E-state index is 8.94. The summed E-state index contributed by atoms with van der Waals surface area (Å²) in [6.45, 7) is 3.67. The fraction of sp³-hybridized carbons (Fsp3) is 0.400. The molecule has 1 aliphatic rings. The van der Waals surface area contributed by atoms with Gasteiger partial charge in [0, 0.05) is 38.4 Å². The summed E-state index contributed by atoms with van der Waals surface area (Å²) in [7, 11) is 2.06. The van der Waals surface area contributed by atoms with E-state index in [0.29, 0.717) is 18.0 Å². The van der Waals surface area contributed by atoms with Gasteiger partial charge in [-0.25, -0.2) is 4.98 Å². The van der Waals surface area contributed by atoms with Crippen LogP contribution in [0.1, 0.15) is 41.5 Å². The Morgan fingerprint density at radius 2 is 2.04 bits per heavy atom. The Hall–Kier alpha value is -2.98. The quantitative estimate of drug-likeness (QED) is 0.697. The maximum Gasteiger partial charge on any atom is 0.152 e. The zero-order chi connectivity index (χ0) is 18.6. The van der Waals surface area contributed by atoms with Gasteiger partial charge in [0.15, 0.2) is 5.82 Å². The zero-order valence-corrected chi connectivity index (χ0v) is 15.5. The normalized spacial score (nSPS) is 17.7. The summed E-state index contributed by atoms with van der Waals surface area (Å²) >= 11 is 0. The minimum Gasteiger partial charge on any atom is -0.330 e. The molecule has 27 heavy (non-hydrogen) atoms. The van der Waals surface area contributed by atoms with Crippen LogP contribution in [-0.2, 0) is 20.1 Å². The Labute approximate surface area is 158 Å². The standard InChI is InChI=1S/C20H23N7/c1-25-19(14-27-10-8-22-15-27)23-24-20(25)18-3-2-9-26(13-18)12-17-6-4-16(11-21)5-7-17/h4-8,10,15,18H,2-3,9,12-14H2,1H3. The molecule has 138 valence electrons. The SMILES string of the molecule is Cn1c(Cn2ccnc2)nnc1C1CCCN(Cc2ccc(C#N)cc2)C1. The highest BCUT2D eigenvalue weighted by atomic mass is 15.3.